The van der Waals surface area contributed by atoms with Gasteiger partial charge in [0.25, 0.3) is 0 Å². The van der Waals surface area contributed by atoms with Crippen molar-refractivity contribution in [3.05, 3.63) is 12.4 Å². The van der Waals surface area contributed by atoms with Crippen LogP contribution in [0.5, 0.6) is 5.75 Å². The Morgan fingerprint density at radius 3 is 2.93 bits per heavy atom. The Kier molecular flexibility index (Phi) is 2.15. The normalized spacial score (nSPS) is 17.8. The van der Waals surface area contributed by atoms with E-state index in [1.807, 2.05) is 0 Å². The summed E-state index contributed by atoms with van der Waals surface area (Å²) < 4.78 is 6.92. The molecular formula is C9H12N2O3. The van der Waals surface area contributed by atoms with Crippen LogP contribution in [0.4, 0.5) is 0 Å². The van der Waals surface area contributed by atoms with Crippen molar-refractivity contribution in [2.45, 2.75) is 18.9 Å². The van der Waals surface area contributed by atoms with Crippen molar-refractivity contribution in [1.29, 1.82) is 0 Å². The molecule has 5 heteroatoms. The summed E-state index contributed by atoms with van der Waals surface area (Å²) >= 11 is 0. The minimum Gasteiger partial charge on any atom is -0.478 e. The molecule has 1 heterocycles. The van der Waals surface area contributed by atoms with Crippen molar-refractivity contribution < 1.29 is 14.6 Å². The molecule has 1 unspecified atom stereocenters. The third-order valence-corrected chi connectivity index (χ3v) is 2.24. The number of carboxylic acids is 1. The van der Waals surface area contributed by atoms with Crippen molar-refractivity contribution >= 4 is 5.97 Å². The maximum atomic E-state index is 10.8. The number of aliphatic carboxylic acids is 1. The molecule has 0 spiro atoms. The predicted molar refractivity (Wildman–Crippen MR) is 48.0 cm³/mol. The van der Waals surface area contributed by atoms with Crippen LogP contribution in [-0.4, -0.2) is 27.0 Å². The summed E-state index contributed by atoms with van der Waals surface area (Å²) in [5.41, 5.74) is 0. The smallest absolute Gasteiger partial charge is 0.345 e. The Hall–Kier alpha value is -1.52. The maximum absolute atomic E-state index is 10.8. The van der Waals surface area contributed by atoms with Crippen molar-refractivity contribution in [3.8, 4) is 5.75 Å². The highest BCUT2D eigenvalue weighted by molar-refractivity contribution is 5.73. The summed E-state index contributed by atoms with van der Waals surface area (Å²) in [6.07, 6.45) is 4.37. The van der Waals surface area contributed by atoms with Gasteiger partial charge >= 0.3 is 5.97 Å². The van der Waals surface area contributed by atoms with Crippen LogP contribution in [0, 0.1) is 5.92 Å². The van der Waals surface area contributed by atoms with E-state index >= 15 is 0 Å². The molecule has 1 atom stereocenters. The number of nitrogens with zero attached hydrogens (tertiary/aromatic N) is 2. The Balaban J connectivity index is 2.03. The Bertz CT molecular complexity index is 344. The lowest BCUT2D eigenvalue weighted by Gasteiger charge is -2.11. The van der Waals surface area contributed by atoms with E-state index < -0.39 is 12.1 Å². The average molecular weight is 196 g/mol. The summed E-state index contributed by atoms with van der Waals surface area (Å²) in [5.74, 6) is -0.198. The number of carboxylic acid groups (broad SMARTS) is 1. The Labute approximate surface area is 81.3 Å². The van der Waals surface area contributed by atoms with Crippen LogP contribution in [0.1, 0.15) is 12.8 Å². The Morgan fingerprint density at radius 1 is 1.79 bits per heavy atom. The number of ether oxygens (including phenoxy) is 1. The molecule has 1 fully saturated rings. The fraction of sp³-hybridized carbons (Fsp3) is 0.556. The highest BCUT2D eigenvalue weighted by Crippen LogP contribution is 2.34. The van der Waals surface area contributed by atoms with E-state index in [-0.39, 0.29) is 5.92 Å². The van der Waals surface area contributed by atoms with Gasteiger partial charge in [-0.05, 0) is 12.8 Å². The lowest BCUT2D eigenvalue weighted by atomic mass is 10.2. The molecule has 14 heavy (non-hydrogen) atoms. The van der Waals surface area contributed by atoms with Gasteiger partial charge in [-0.1, -0.05) is 0 Å². The molecule has 5 nitrogen and oxygen atoms in total. The zero-order valence-corrected chi connectivity index (χ0v) is 7.88. The fourth-order valence-corrected chi connectivity index (χ4v) is 1.35. The first-order chi connectivity index (χ1) is 6.66. The first kappa shape index (κ1) is 9.05. The van der Waals surface area contributed by atoms with E-state index in [4.69, 9.17) is 9.84 Å². The zero-order chi connectivity index (χ0) is 10.1. The van der Waals surface area contributed by atoms with Gasteiger partial charge in [0, 0.05) is 13.0 Å². The highest BCUT2D eigenvalue weighted by atomic mass is 16.5. The van der Waals surface area contributed by atoms with Gasteiger partial charge in [0.05, 0.1) is 12.4 Å². The fourth-order valence-electron chi connectivity index (χ4n) is 1.35. The highest BCUT2D eigenvalue weighted by Gasteiger charge is 2.38. The van der Waals surface area contributed by atoms with Crippen LogP contribution in [0.15, 0.2) is 12.4 Å². The van der Waals surface area contributed by atoms with E-state index in [2.05, 4.69) is 5.10 Å². The number of hydrogen-bond acceptors (Lipinski definition) is 3. The minimum absolute atomic E-state index is 0.174. The molecular weight excluding hydrogens is 184 g/mol. The van der Waals surface area contributed by atoms with E-state index in [0.717, 1.165) is 12.8 Å². The monoisotopic (exact) mass is 196 g/mol. The van der Waals surface area contributed by atoms with Crippen LogP contribution in [-0.2, 0) is 11.8 Å². The summed E-state index contributed by atoms with van der Waals surface area (Å²) in [7, 11) is 1.76. The number of carbonyl (C=O) groups is 1. The van der Waals surface area contributed by atoms with Gasteiger partial charge in [0.1, 0.15) is 0 Å². The lowest BCUT2D eigenvalue weighted by molar-refractivity contribution is -0.146. The second-order valence-corrected chi connectivity index (χ2v) is 3.56. The van der Waals surface area contributed by atoms with Crippen LogP contribution in [0.3, 0.4) is 0 Å². The van der Waals surface area contributed by atoms with E-state index in [9.17, 15) is 4.79 Å². The van der Waals surface area contributed by atoms with Crippen LogP contribution in [0.2, 0.25) is 0 Å². The molecule has 1 aliphatic rings. The maximum Gasteiger partial charge on any atom is 0.345 e. The zero-order valence-electron chi connectivity index (χ0n) is 7.88. The van der Waals surface area contributed by atoms with Gasteiger partial charge in [-0.2, -0.15) is 5.10 Å². The quantitative estimate of drug-likeness (QED) is 0.768. The molecule has 2 rings (SSSR count). The molecule has 0 saturated heterocycles. The second kappa shape index (κ2) is 3.32. The molecule has 1 aliphatic carbocycles. The number of aromatic nitrogens is 2. The lowest BCUT2D eigenvalue weighted by Crippen LogP contribution is -2.28. The molecule has 1 saturated carbocycles. The van der Waals surface area contributed by atoms with Crippen molar-refractivity contribution in [2.24, 2.45) is 13.0 Å². The first-order valence-corrected chi connectivity index (χ1v) is 4.55. The van der Waals surface area contributed by atoms with Gasteiger partial charge in [-0.25, -0.2) is 4.79 Å². The first-order valence-electron chi connectivity index (χ1n) is 4.55. The minimum atomic E-state index is -0.892. The van der Waals surface area contributed by atoms with Crippen molar-refractivity contribution in [3.63, 3.8) is 0 Å². The Morgan fingerprint density at radius 2 is 2.50 bits per heavy atom. The largest absolute Gasteiger partial charge is 0.478 e. The average Bonchev–Trinajstić information content (AvgIpc) is 2.86. The summed E-state index contributed by atoms with van der Waals surface area (Å²) in [4.78, 5) is 10.8. The second-order valence-electron chi connectivity index (χ2n) is 3.56. The molecule has 0 aromatic carbocycles. The van der Waals surface area contributed by atoms with E-state index in [1.165, 1.54) is 6.20 Å². The number of rotatable bonds is 4. The van der Waals surface area contributed by atoms with Crippen molar-refractivity contribution in [2.75, 3.05) is 0 Å². The number of aryl methyl sites for hydroxylation is 1. The van der Waals surface area contributed by atoms with Gasteiger partial charge in [-0.15, -0.1) is 0 Å². The molecule has 0 radical (unpaired) electrons. The van der Waals surface area contributed by atoms with Crippen LogP contribution >= 0.6 is 0 Å². The van der Waals surface area contributed by atoms with Gasteiger partial charge in [0.15, 0.2) is 11.9 Å². The van der Waals surface area contributed by atoms with Gasteiger partial charge in [-0.3, -0.25) is 4.68 Å². The van der Waals surface area contributed by atoms with Crippen LogP contribution in [0.25, 0.3) is 0 Å². The molecule has 1 aromatic rings. The predicted octanol–water partition coefficient (Wildman–Crippen LogP) is 0.662. The van der Waals surface area contributed by atoms with Gasteiger partial charge in [0.2, 0.25) is 0 Å². The molecule has 0 bridgehead atoms. The molecule has 0 aliphatic heterocycles. The summed E-state index contributed by atoms with van der Waals surface area (Å²) in [5, 5.41) is 12.8. The van der Waals surface area contributed by atoms with Crippen LogP contribution < -0.4 is 4.74 Å². The van der Waals surface area contributed by atoms with Gasteiger partial charge < -0.3 is 9.84 Å². The van der Waals surface area contributed by atoms with E-state index in [1.54, 1.807) is 17.9 Å². The summed E-state index contributed by atoms with van der Waals surface area (Å²) in [6.45, 7) is 0. The molecule has 76 valence electrons. The van der Waals surface area contributed by atoms with Crippen molar-refractivity contribution in [1.82, 2.24) is 9.78 Å². The third kappa shape index (κ3) is 1.86. The number of hydrogen-bond donors (Lipinski definition) is 1. The van der Waals surface area contributed by atoms with E-state index in [0.29, 0.717) is 5.75 Å². The topological polar surface area (TPSA) is 64.3 Å². The molecule has 1 N–H and O–H groups in total. The summed E-state index contributed by atoms with van der Waals surface area (Å²) in [6, 6.07) is 0. The standard InChI is InChI=1S/C9H12N2O3/c1-11-5-7(4-10-11)14-8(9(12)13)6-2-3-6/h4-6,8H,2-3H2,1H3,(H,12,13). The SMILES string of the molecule is Cn1cc(OC(C(=O)O)C2CC2)cn1. The molecule has 1 aromatic heterocycles. The molecule has 0 amide bonds. The third-order valence-electron chi connectivity index (χ3n) is 2.24.